The third kappa shape index (κ3) is 4.67. The summed E-state index contributed by atoms with van der Waals surface area (Å²) in [5, 5.41) is 6.48. The third-order valence-electron chi connectivity index (χ3n) is 2.91. The van der Waals surface area contributed by atoms with Gasteiger partial charge in [0.2, 0.25) is 0 Å². The Morgan fingerprint density at radius 3 is 2.47 bits per heavy atom. The summed E-state index contributed by atoms with van der Waals surface area (Å²) in [4.78, 5) is 9.10. The molecule has 1 aromatic rings. The summed E-state index contributed by atoms with van der Waals surface area (Å²) >= 11 is 0. The van der Waals surface area contributed by atoms with Crippen LogP contribution in [0, 0.1) is 6.92 Å². The molecule has 0 amide bonds. The van der Waals surface area contributed by atoms with Gasteiger partial charge in [0, 0.05) is 32.2 Å². The number of hydrogen-bond donors (Lipinski definition) is 2. The molecule has 0 aliphatic carbocycles. The Balaban J connectivity index is 2.82. The van der Waals surface area contributed by atoms with E-state index < -0.39 is 0 Å². The molecule has 5 heteroatoms. The van der Waals surface area contributed by atoms with Gasteiger partial charge in [0.15, 0.2) is 0 Å². The Morgan fingerprint density at radius 2 is 1.89 bits per heavy atom. The molecular weight excluding hydrogens is 240 g/mol. The molecule has 108 valence electrons. The van der Waals surface area contributed by atoms with Gasteiger partial charge in [0.1, 0.15) is 17.5 Å². The van der Waals surface area contributed by atoms with Crippen LogP contribution in [0.4, 0.5) is 11.6 Å². The molecule has 0 saturated carbocycles. The van der Waals surface area contributed by atoms with Gasteiger partial charge < -0.3 is 15.4 Å². The summed E-state index contributed by atoms with van der Waals surface area (Å²) in [6.45, 7) is 9.69. The van der Waals surface area contributed by atoms with E-state index in [2.05, 4.69) is 34.4 Å². The maximum Gasteiger partial charge on any atom is 0.134 e. The van der Waals surface area contributed by atoms with Crippen molar-refractivity contribution in [1.82, 2.24) is 9.97 Å². The van der Waals surface area contributed by atoms with Gasteiger partial charge >= 0.3 is 0 Å². The number of anilines is 2. The predicted molar refractivity (Wildman–Crippen MR) is 79.9 cm³/mol. The zero-order valence-corrected chi connectivity index (χ0v) is 12.7. The van der Waals surface area contributed by atoms with E-state index in [1.165, 1.54) is 0 Å². The van der Waals surface area contributed by atoms with Crippen LogP contribution in [0.3, 0.4) is 0 Å². The molecule has 0 aliphatic heterocycles. The Morgan fingerprint density at radius 1 is 1.21 bits per heavy atom. The van der Waals surface area contributed by atoms with Crippen LogP contribution in [0.2, 0.25) is 0 Å². The lowest BCUT2D eigenvalue weighted by Gasteiger charge is -2.16. The van der Waals surface area contributed by atoms with Crippen molar-refractivity contribution in [2.75, 3.05) is 30.8 Å². The average Bonchev–Trinajstić information content (AvgIpc) is 2.39. The fraction of sp³-hybridized carbons (Fsp3) is 0.714. The van der Waals surface area contributed by atoms with Gasteiger partial charge in [-0.1, -0.05) is 6.92 Å². The normalized spacial score (nSPS) is 12.3. The quantitative estimate of drug-likeness (QED) is 0.757. The van der Waals surface area contributed by atoms with Crippen molar-refractivity contribution in [3.05, 3.63) is 11.4 Å². The second-order valence-electron chi connectivity index (χ2n) is 4.61. The van der Waals surface area contributed by atoms with Crippen LogP contribution in [0.25, 0.3) is 0 Å². The van der Waals surface area contributed by atoms with E-state index >= 15 is 0 Å². The largest absolute Gasteiger partial charge is 0.377 e. The van der Waals surface area contributed by atoms with Crippen molar-refractivity contribution in [2.24, 2.45) is 0 Å². The molecule has 0 radical (unpaired) electrons. The highest BCUT2D eigenvalue weighted by Crippen LogP contribution is 2.20. The van der Waals surface area contributed by atoms with Crippen LogP contribution >= 0.6 is 0 Å². The van der Waals surface area contributed by atoms with Crippen molar-refractivity contribution < 1.29 is 4.74 Å². The monoisotopic (exact) mass is 266 g/mol. The molecule has 1 unspecified atom stereocenters. The van der Waals surface area contributed by atoms with Crippen molar-refractivity contribution in [3.63, 3.8) is 0 Å². The summed E-state index contributed by atoms with van der Waals surface area (Å²) in [6, 6.07) is 0. The number of aromatic nitrogens is 2. The average molecular weight is 266 g/mol. The molecule has 0 aromatic carbocycles. The topological polar surface area (TPSA) is 59.1 Å². The van der Waals surface area contributed by atoms with Crippen LogP contribution in [-0.4, -0.2) is 36.3 Å². The van der Waals surface area contributed by atoms with E-state index in [9.17, 15) is 0 Å². The second-order valence-corrected chi connectivity index (χ2v) is 4.61. The highest BCUT2D eigenvalue weighted by atomic mass is 16.5. The minimum atomic E-state index is 0.173. The summed E-state index contributed by atoms with van der Waals surface area (Å²) in [7, 11) is 1.89. The first-order valence-electron chi connectivity index (χ1n) is 7.03. The van der Waals surface area contributed by atoms with E-state index in [0.29, 0.717) is 0 Å². The minimum Gasteiger partial charge on any atom is -0.377 e. The van der Waals surface area contributed by atoms with E-state index in [0.717, 1.165) is 49.0 Å². The fourth-order valence-corrected chi connectivity index (χ4v) is 1.90. The lowest BCUT2D eigenvalue weighted by molar-refractivity contribution is 0.0854. The van der Waals surface area contributed by atoms with Gasteiger partial charge in [-0.15, -0.1) is 0 Å². The van der Waals surface area contributed by atoms with Gasteiger partial charge in [0.25, 0.3) is 0 Å². The van der Waals surface area contributed by atoms with Crippen LogP contribution in [0.1, 0.15) is 38.6 Å². The van der Waals surface area contributed by atoms with Crippen LogP contribution in [0.5, 0.6) is 0 Å². The molecule has 5 nitrogen and oxygen atoms in total. The number of rotatable bonds is 8. The Bertz CT molecular complexity index is 395. The highest BCUT2D eigenvalue weighted by molar-refractivity contribution is 5.57. The van der Waals surface area contributed by atoms with E-state index in [1.54, 1.807) is 0 Å². The van der Waals surface area contributed by atoms with Gasteiger partial charge in [0.05, 0.1) is 6.10 Å². The van der Waals surface area contributed by atoms with Gasteiger partial charge in [-0.25, -0.2) is 9.97 Å². The molecule has 19 heavy (non-hydrogen) atoms. The maximum absolute atomic E-state index is 5.52. The first kappa shape index (κ1) is 15.7. The Hall–Kier alpha value is -1.36. The summed E-state index contributed by atoms with van der Waals surface area (Å²) in [6.07, 6.45) is 2.11. The fourth-order valence-electron chi connectivity index (χ4n) is 1.90. The summed E-state index contributed by atoms with van der Waals surface area (Å²) in [5.74, 6) is 2.67. The molecule has 0 fully saturated rings. The van der Waals surface area contributed by atoms with Gasteiger partial charge in [-0.3, -0.25) is 0 Å². The minimum absolute atomic E-state index is 0.173. The molecule has 0 bridgehead atoms. The number of hydrogen-bond acceptors (Lipinski definition) is 5. The SMILES string of the molecule is CCCc1nc(NC)c(C)c(NCC(C)OCC)n1. The summed E-state index contributed by atoms with van der Waals surface area (Å²) in [5.41, 5.74) is 1.05. The highest BCUT2D eigenvalue weighted by Gasteiger charge is 2.10. The van der Waals surface area contributed by atoms with Crippen molar-refractivity contribution in [2.45, 2.75) is 46.6 Å². The molecule has 1 aromatic heterocycles. The molecule has 1 heterocycles. The van der Waals surface area contributed by atoms with Gasteiger partial charge in [-0.05, 0) is 27.2 Å². The first-order valence-corrected chi connectivity index (χ1v) is 7.03. The van der Waals surface area contributed by atoms with E-state index in [-0.39, 0.29) is 6.10 Å². The molecule has 2 N–H and O–H groups in total. The molecule has 0 spiro atoms. The maximum atomic E-state index is 5.52. The third-order valence-corrected chi connectivity index (χ3v) is 2.91. The van der Waals surface area contributed by atoms with Crippen LogP contribution in [-0.2, 0) is 11.2 Å². The first-order chi connectivity index (χ1) is 9.12. The van der Waals surface area contributed by atoms with Crippen LogP contribution in [0.15, 0.2) is 0 Å². The van der Waals surface area contributed by atoms with Crippen molar-refractivity contribution in [1.29, 1.82) is 0 Å². The molecule has 0 aliphatic rings. The van der Waals surface area contributed by atoms with E-state index in [1.807, 2.05) is 20.9 Å². The number of nitrogens with zero attached hydrogens (tertiary/aromatic N) is 2. The zero-order chi connectivity index (χ0) is 14.3. The Kier molecular flexibility index (Phi) is 6.56. The second kappa shape index (κ2) is 7.94. The molecule has 1 rings (SSSR count). The van der Waals surface area contributed by atoms with E-state index in [4.69, 9.17) is 4.74 Å². The zero-order valence-electron chi connectivity index (χ0n) is 12.7. The molecule has 0 saturated heterocycles. The lowest BCUT2D eigenvalue weighted by atomic mass is 10.2. The lowest BCUT2D eigenvalue weighted by Crippen LogP contribution is -2.21. The molecule has 1 atom stereocenters. The smallest absolute Gasteiger partial charge is 0.134 e. The van der Waals surface area contributed by atoms with Gasteiger partial charge in [-0.2, -0.15) is 0 Å². The molecular formula is C14H26N4O. The van der Waals surface area contributed by atoms with Crippen molar-refractivity contribution >= 4 is 11.6 Å². The summed E-state index contributed by atoms with van der Waals surface area (Å²) < 4.78 is 5.52. The number of ether oxygens (including phenoxy) is 1. The standard InChI is InChI=1S/C14H26N4O/c1-6-8-12-17-13(15-5)11(4)14(18-12)16-9-10(3)19-7-2/h10H,6-9H2,1-5H3,(H2,15,16,17,18). The van der Waals surface area contributed by atoms with Crippen LogP contribution < -0.4 is 10.6 Å². The van der Waals surface area contributed by atoms with Crippen molar-refractivity contribution in [3.8, 4) is 0 Å². The Labute approximate surface area is 116 Å². The number of aryl methyl sites for hydroxylation is 1. The predicted octanol–water partition coefficient (Wildman–Crippen LogP) is 2.62. The number of nitrogens with one attached hydrogen (secondary N) is 2.